The van der Waals surface area contributed by atoms with E-state index in [0.29, 0.717) is 36.6 Å². The first kappa shape index (κ1) is 19.4. The Morgan fingerprint density at radius 3 is 2.91 bits per heavy atom. The van der Waals surface area contributed by atoms with Gasteiger partial charge in [-0.05, 0) is 38.9 Å². The van der Waals surface area contributed by atoms with Gasteiger partial charge in [0.25, 0.3) is 0 Å². The Kier molecular flexibility index (Phi) is 4.84. The van der Waals surface area contributed by atoms with E-state index >= 15 is 0 Å². The van der Waals surface area contributed by atoms with Crippen molar-refractivity contribution < 1.29 is 9.15 Å². The van der Waals surface area contributed by atoms with Gasteiger partial charge in [-0.15, -0.1) is 10.2 Å². The zero-order valence-corrected chi connectivity index (χ0v) is 17.9. The fourth-order valence-electron chi connectivity index (χ4n) is 4.50. The Morgan fingerprint density at radius 2 is 2.09 bits per heavy atom. The maximum absolute atomic E-state index is 6.21. The number of morpholine rings is 1. The smallest absolute Gasteiger partial charge is 0.248 e. The summed E-state index contributed by atoms with van der Waals surface area (Å²) >= 11 is 0. The van der Waals surface area contributed by atoms with E-state index in [1.54, 1.807) is 17.1 Å². The van der Waals surface area contributed by atoms with E-state index in [1.807, 2.05) is 12.1 Å². The van der Waals surface area contributed by atoms with E-state index in [0.717, 1.165) is 55.1 Å². The van der Waals surface area contributed by atoms with E-state index < -0.39 is 0 Å². The molecule has 0 aromatic carbocycles. The summed E-state index contributed by atoms with van der Waals surface area (Å²) < 4.78 is 13.6. The fraction of sp³-hybridized carbons (Fsp3) is 0.476. The molecule has 4 aromatic rings. The number of H-pyrrole nitrogens is 1. The van der Waals surface area contributed by atoms with E-state index in [1.165, 1.54) is 0 Å². The molecule has 2 fully saturated rings. The number of aromatic amines is 1. The molecule has 0 spiro atoms. The van der Waals surface area contributed by atoms with Crippen molar-refractivity contribution in [2.45, 2.75) is 31.7 Å². The number of ether oxygens (including phenoxy) is 1. The van der Waals surface area contributed by atoms with Gasteiger partial charge in [-0.2, -0.15) is 14.9 Å². The monoisotopic (exact) mass is 435 g/mol. The van der Waals surface area contributed by atoms with Gasteiger partial charge in [0.2, 0.25) is 11.8 Å². The van der Waals surface area contributed by atoms with Crippen molar-refractivity contribution in [2.75, 3.05) is 37.7 Å². The maximum atomic E-state index is 6.21. The molecule has 6 heterocycles. The minimum absolute atomic E-state index is 0.207. The predicted octanol–water partition coefficient (Wildman–Crippen LogP) is 1.89. The van der Waals surface area contributed by atoms with Crippen LogP contribution < -0.4 is 10.2 Å². The first-order valence-corrected chi connectivity index (χ1v) is 11.1. The zero-order chi connectivity index (χ0) is 21.5. The Morgan fingerprint density at radius 1 is 1.19 bits per heavy atom. The second kappa shape index (κ2) is 7.99. The first-order valence-electron chi connectivity index (χ1n) is 11.1. The van der Waals surface area contributed by atoms with Crippen LogP contribution in [0.15, 0.2) is 28.9 Å². The van der Waals surface area contributed by atoms with Gasteiger partial charge in [0.15, 0.2) is 11.5 Å². The van der Waals surface area contributed by atoms with Crippen molar-refractivity contribution in [3.05, 3.63) is 30.4 Å². The lowest BCUT2D eigenvalue weighted by Gasteiger charge is -2.34. The highest BCUT2D eigenvalue weighted by Crippen LogP contribution is 2.34. The lowest BCUT2D eigenvalue weighted by Crippen LogP contribution is -2.44. The minimum atomic E-state index is 0.207. The van der Waals surface area contributed by atoms with Crippen molar-refractivity contribution >= 4 is 16.9 Å². The number of nitrogens with one attached hydrogen (secondary N) is 2. The largest absolute Gasteiger partial charge is 0.420 e. The number of hydrogen-bond donors (Lipinski definition) is 2. The molecule has 32 heavy (non-hydrogen) atoms. The molecular weight excluding hydrogens is 410 g/mol. The first-order chi connectivity index (χ1) is 15.8. The average molecular weight is 435 g/mol. The van der Waals surface area contributed by atoms with Crippen molar-refractivity contribution in [2.24, 2.45) is 0 Å². The molecule has 4 aromatic heterocycles. The van der Waals surface area contributed by atoms with Crippen molar-refractivity contribution in [1.29, 1.82) is 0 Å². The molecule has 0 aliphatic carbocycles. The van der Waals surface area contributed by atoms with Crippen LogP contribution in [0.1, 0.15) is 31.6 Å². The molecule has 2 N–H and O–H groups in total. The summed E-state index contributed by atoms with van der Waals surface area (Å²) in [5.74, 6) is 3.07. The van der Waals surface area contributed by atoms with Crippen molar-refractivity contribution in [3.8, 4) is 17.3 Å². The Bertz CT molecular complexity index is 1210. The van der Waals surface area contributed by atoms with Crippen LogP contribution in [0.2, 0.25) is 0 Å². The summed E-state index contributed by atoms with van der Waals surface area (Å²) in [7, 11) is 0. The van der Waals surface area contributed by atoms with Gasteiger partial charge in [-0.25, -0.2) is 4.98 Å². The number of nitrogens with zero attached hydrogens (tertiary/aromatic N) is 7. The molecule has 1 atom stereocenters. The molecule has 0 radical (unpaired) electrons. The molecule has 2 aliphatic rings. The summed E-state index contributed by atoms with van der Waals surface area (Å²) in [5, 5.41) is 24.6. The van der Waals surface area contributed by atoms with Crippen LogP contribution in [0, 0.1) is 0 Å². The molecule has 6 rings (SSSR count). The lowest BCUT2D eigenvalue weighted by atomic mass is 9.98. The van der Waals surface area contributed by atoms with Gasteiger partial charge in [0, 0.05) is 18.5 Å². The normalized spacial score (nSPS) is 20.3. The predicted molar refractivity (Wildman–Crippen MR) is 117 cm³/mol. The summed E-state index contributed by atoms with van der Waals surface area (Å²) in [6, 6.07) is 4.10. The summed E-state index contributed by atoms with van der Waals surface area (Å²) in [6.07, 6.45) is 5.49. The molecule has 0 saturated carbocycles. The number of piperidine rings is 1. The molecule has 2 aliphatic heterocycles. The standard InChI is InChI=1S/C21H25N9O2/c1-13-12-31-9-8-29(13)18-10-15(21-28-27-20(32-21)14-2-5-22-6-3-14)16-11-24-30(19(16)25-18)17-4-7-23-26-17/h4,7,10-11,13-14,22H,2-3,5-6,8-9,12H2,1H3,(H,23,26)/t13-/m1/s1. The quantitative estimate of drug-likeness (QED) is 0.494. The fourth-order valence-corrected chi connectivity index (χ4v) is 4.50. The molecular formula is C21H25N9O2. The van der Waals surface area contributed by atoms with Crippen LogP contribution in [0.3, 0.4) is 0 Å². The molecule has 166 valence electrons. The van der Waals surface area contributed by atoms with Crippen LogP contribution in [0.25, 0.3) is 28.3 Å². The number of pyridine rings is 1. The third-order valence-corrected chi connectivity index (χ3v) is 6.26. The lowest BCUT2D eigenvalue weighted by molar-refractivity contribution is 0.0985. The third kappa shape index (κ3) is 3.33. The van der Waals surface area contributed by atoms with Gasteiger partial charge in [0.05, 0.1) is 42.6 Å². The number of rotatable bonds is 4. The second-order valence-electron chi connectivity index (χ2n) is 8.35. The van der Waals surface area contributed by atoms with Crippen LogP contribution in [-0.2, 0) is 4.74 Å². The average Bonchev–Trinajstić information content (AvgIpc) is 3.60. The third-order valence-electron chi connectivity index (χ3n) is 6.26. The maximum Gasteiger partial charge on any atom is 0.248 e. The molecule has 0 amide bonds. The molecule has 11 heteroatoms. The molecule has 11 nitrogen and oxygen atoms in total. The van der Waals surface area contributed by atoms with Gasteiger partial charge >= 0.3 is 0 Å². The Balaban J connectivity index is 1.48. The van der Waals surface area contributed by atoms with E-state index in [9.17, 15) is 0 Å². The van der Waals surface area contributed by atoms with E-state index in [4.69, 9.17) is 14.1 Å². The number of anilines is 1. The highest BCUT2D eigenvalue weighted by Gasteiger charge is 2.26. The SMILES string of the molecule is C[C@@H]1COCCN1c1cc(-c2nnc(C3CCNCC3)o2)c2cnn(-c3ccn[nH]3)c2n1. The van der Waals surface area contributed by atoms with Crippen LogP contribution in [0.5, 0.6) is 0 Å². The Hall–Kier alpha value is -3.31. The molecule has 0 unspecified atom stereocenters. The second-order valence-corrected chi connectivity index (χ2v) is 8.35. The van der Waals surface area contributed by atoms with Crippen LogP contribution in [-0.4, -0.2) is 74.0 Å². The van der Waals surface area contributed by atoms with Crippen molar-refractivity contribution in [1.82, 2.24) is 40.5 Å². The zero-order valence-electron chi connectivity index (χ0n) is 17.9. The summed E-state index contributed by atoms with van der Waals surface area (Å²) in [5.41, 5.74) is 1.55. The number of aromatic nitrogens is 7. The molecule has 2 saturated heterocycles. The van der Waals surface area contributed by atoms with E-state index in [-0.39, 0.29) is 6.04 Å². The number of fused-ring (bicyclic) bond motifs is 1. The summed E-state index contributed by atoms with van der Waals surface area (Å²) in [4.78, 5) is 7.22. The minimum Gasteiger partial charge on any atom is -0.420 e. The van der Waals surface area contributed by atoms with Crippen molar-refractivity contribution in [3.63, 3.8) is 0 Å². The van der Waals surface area contributed by atoms with E-state index in [2.05, 4.69) is 42.6 Å². The molecule has 0 bridgehead atoms. The van der Waals surface area contributed by atoms with Gasteiger partial charge in [-0.1, -0.05) is 0 Å². The van der Waals surface area contributed by atoms with Gasteiger partial charge in [-0.3, -0.25) is 5.10 Å². The van der Waals surface area contributed by atoms with Gasteiger partial charge in [0.1, 0.15) is 5.82 Å². The highest BCUT2D eigenvalue weighted by molar-refractivity contribution is 5.92. The van der Waals surface area contributed by atoms with Gasteiger partial charge < -0.3 is 19.4 Å². The topological polar surface area (TPSA) is 123 Å². The summed E-state index contributed by atoms with van der Waals surface area (Å²) in [6.45, 7) is 6.17. The Labute approximate surface area is 184 Å². The number of hydrogen-bond acceptors (Lipinski definition) is 9. The van der Waals surface area contributed by atoms with Crippen LogP contribution in [0.4, 0.5) is 5.82 Å². The highest BCUT2D eigenvalue weighted by atomic mass is 16.5. The van der Waals surface area contributed by atoms with Crippen LogP contribution >= 0.6 is 0 Å².